The first kappa shape index (κ1) is 11.8. The second kappa shape index (κ2) is 4.52. The number of ether oxygens (including phenoxy) is 1. The summed E-state index contributed by atoms with van der Waals surface area (Å²) in [5, 5.41) is 9.26. The molecule has 82 valence electrons. The summed E-state index contributed by atoms with van der Waals surface area (Å²) in [6, 6.07) is 0. The summed E-state index contributed by atoms with van der Waals surface area (Å²) in [6.45, 7) is 0. The summed E-state index contributed by atoms with van der Waals surface area (Å²) in [4.78, 5) is 14.4. The Morgan fingerprint density at radius 1 is 1.67 bits per heavy atom. The third-order valence-electron chi connectivity index (χ3n) is 1.62. The van der Waals surface area contributed by atoms with Crippen LogP contribution in [0.3, 0.4) is 0 Å². The van der Waals surface area contributed by atoms with Crippen molar-refractivity contribution in [1.29, 1.82) is 0 Å². The van der Waals surface area contributed by atoms with Crippen LogP contribution in [0.1, 0.15) is 22.5 Å². The smallest absolute Gasteiger partial charge is 0.342 e. The number of hydrogen-bond donors (Lipinski definition) is 1. The SMILES string of the molecule is COC(=O)c1c(O)cnc(C(F)F)c1Br. The molecule has 1 aromatic heterocycles. The van der Waals surface area contributed by atoms with Crippen LogP contribution in [-0.4, -0.2) is 23.2 Å². The van der Waals surface area contributed by atoms with Crippen molar-refractivity contribution in [3.05, 3.63) is 21.9 Å². The average Bonchev–Trinajstić information content (AvgIpc) is 2.16. The van der Waals surface area contributed by atoms with Crippen LogP contribution in [0.25, 0.3) is 0 Å². The highest BCUT2D eigenvalue weighted by Crippen LogP contribution is 2.33. The normalized spacial score (nSPS) is 10.5. The van der Waals surface area contributed by atoms with Gasteiger partial charge in [0.15, 0.2) is 0 Å². The van der Waals surface area contributed by atoms with Crippen molar-refractivity contribution in [2.45, 2.75) is 6.43 Å². The Labute approximate surface area is 92.0 Å². The number of carbonyl (C=O) groups is 1. The molecular weight excluding hydrogens is 276 g/mol. The Morgan fingerprint density at radius 2 is 2.27 bits per heavy atom. The van der Waals surface area contributed by atoms with Gasteiger partial charge in [-0.2, -0.15) is 0 Å². The Morgan fingerprint density at radius 3 is 2.73 bits per heavy atom. The first-order chi connectivity index (χ1) is 6.99. The van der Waals surface area contributed by atoms with E-state index in [1.807, 2.05) is 0 Å². The summed E-state index contributed by atoms with van der Waals surface area (Å²) in [5.41, 5.74) is -0.976. The lowest BCUT2D eigenvalue weighted by Crippen LogP contribution is -2.06. The van der Waals surface area contributed by atoms with Crippen molar-refractivity contribution in [3.8, 4) is 5.75 Å². The molecule has 15 heavy (non-hydrogen) atoms. The van der Waals surface area contributed by atoms with Gasteiger partial charge in [-0.15, -0.1) is 0 Å². The van der Waals surface area contributed by atoms with Gasteiger partial charge in [0.05, 0.1) is 17.8 Å². The van der Waals surface area contributed by atoms with Crippen LogP contribution in [0.5, 0.6) is 5.75 Å². The van der Waals surface area contributed by atoms with Crippen molar-refractivity contribution in [3.63, 3.8) is 0 Å². The summed E-state index contributed by atoms with van der Waals surface area (Å²) in [6.07, 6.45) is -2.07. The van der Waals surface area contributed by atoms with Crippen molar-refractivity contribution < 1.29 is 23.4 Å². The number of alkyl halides is 2. The number of nitrogens with zero attached hydrogens (tertiary/aromatic N) is 1. The molecule has 0 aliphatic heterocycles. The Kier molecular flexibility index (Phi) is 3.57. The topological polar surface area (TPSA) is 59.4 Å². The standard InChI is InChI=1S/C8H6BrF2NO3/c1-15-8(14)4-3(13)2-12-6(5(4)9)7(10)11/h2,7,13H,1H3. The summed E-state index contributed by atoms with van der Waals surface area (Å²) < 4.78 is 28.8. The van der Waals surface area contributed by atoms with Crippen molar-refractivity contribution in [2.24, 2.45) is 0 Å². The minimum absolute atomic E-state index is 0.260. The van der Waals surface area contributed by atoms with Crippen LogP contribution in [0.2, 0.25) is 0 Å². The maximum atomic E-state index is 12.4. The Balaban J connectivity index is 3.36. The molecule has 0 spiro atoms. The Bertz CT molecular complexity index is 398. The number of rotatable bonds is 2. The highest BCUT2D eigenvalue weighted by Gasteiger charge is 2.23. The maximum Gasteiger partial charge on any atom is 0.342 e. The number of halogens is 3. The number of aromatic hydroxyl groups is 1. The first-order valence-electron chi connectivity index (χ1n) is 3.72. The zero-order valence-electron chi connectivity index (χ0n) is 7.50. The second-order valence-electron chi connectivity index (χ2n) is 2.51. The molecule has 7 heteroatoms. The molecule has 0 saturated carbocycles. The predicted molar refractivity (Wildman–Crippen MR) is 49.9 cm³/mol. The van der Waals surface area contributed by atoms with E-state index in [2.05, 4.69) is 25.7 Å². The van der Waals surface area contributed by atoms with Crippen LogP contribution >= 0.6 is 15.9 Å². The Hall–Kier alpha value is -1.24. The summed E-state index contributed by atoms with van der Waals surface area (Å²) in [7, 11) is 1.08. The van der Waals surface area contributed by atoms with E-state index in [1.54, 1.807) is 0 Å². The fourth-order valence-corrected chi connectivity index (χ4v) is 1.58. The molecule has 1 heterocycles. The van der Waals surface area contributed by atoms with Crippen molar-refractivity contribution in [1.82, 2.24) is 4.98 Å². The molecule has 0 aliphatic carbocycles. The minimum atomic E-state index is -2.84. The highest BCUT2D eigenvalue weighted by atomic mass is 79.9. The molecule has 0 unspecified atom stereocenters. The molecule has 0 aromatic carbocycles. The van der Waals surface area contributed by atoms with Crippen LogP contribution in [0.15, 0.2) is 10.7 Å². The molecule has 1 rings (SSSR count). The number of methoxy groups -OCH3 is 1. The van der Waals surface area contributed by atoms with Gasteiger partial charge in [-0.25, -0.2) is 13.6 Å². The van der Waals surface area contributed by atoms with E-state index in [1.165, 1.54) is 0 Å². The molecular formula is C8H6BrF2NO3. The molecule has 0 bridgehead atoms. The number of esters is 1. The third-order valence-corrected chi connectivity index (χ3v) is 2.43. The van der Waals surface area contributed by atoms with E-state index < -0.39 is 23.8 Å². The second-order valence-corrected chi connectivity index (χ2v) is 3.30. The van der Waals surface area contributed by atoms with E-state index in [9.17, 15) is 18.7 Å². The summed E-state index contributed by atoms with van der Waals surface area (Å²) in [5.74, 6) is -1.43. The molecule has 0 atom stereocenters. The van der Waals surface area contributed by atoms with Gasteiger partial charge in [0.2, 0.25) is 0 Å². The monoisotopic (exact) mass is 281 g/mol. The number of pyridine rings is 1. The average molecular weight is 282 g/mol. The van der Waals surface area contributed by atoms with E-state index in [0.717, 1.165) is 13.3 Å². The first-order valence-corrected chi connectivity index (χ1v) is 4.52. The van der Waals surface area contributed by atoms with Crippen molar-refractivity contribution >= 4 is 21.9 Å². The van der Waals surface area contributed by atoms with Gasteiger partial charge < -0.3 is 9.84 Å². The lowest BCUT2D eigenvalue weighted by molar-refractivity contribution is 0.0595. The minimum Gasteiger partial charge on any atom is -0.505 e. The zero-order chi connectivity index (χ0) is 11.6. The fraction of sp³-hybridized carbons (Fsp3) is 0.250. The number of aromatic nitrogens is 1. The van der Waals surface area contributed by atoms with Gasteiger partial charge in [0.25, 0.3) is 6.43 Å². The molecule has 0 fully saturated rings. The van der Waals surface area contributed by atoms with Gasteiger partial charge in [-0.3, -0.25) is 4.98 Å². The molecule has 4 nitrogen and oxygen atoms in total. The largest absolute Gasteiger partial charge is 0.505 e. The maximum absolute atomic E-state index is 12.4. The van der Waals surface area contributed by atoms with Crippen LogP contribution < -0.4 is 0 Å². The summed E-state index contributed by atoms with van der Waals surface area (Å²) >= 11 is 2.77. The molecule has 1 N–H and O–H groups in total. The molecule has 0 aliphatic rings. The van der Waals surface area contributed by atoms with Crippen molar-refractivity contribution in [2.75, 3.05) is 7.11 Å². The van der Waals surface area contributed by atoms with E-state index in [4.69, 9.17) is 0 Å². The van der Waals surface area contributed by atoms with E-state index in [-0.39, 0.29) is 10.0 Å². The van der Waals surface area contributed by atoms with Crippen LogP contribution in [-0.2, 0) is 4.74 Å². The zero-order valence-corrected chi connectivity index (χ0v) is 9.09. The number of carbonyl (C=O) groups excluding carboxylic acids is 1. The number of hydrogen-bond acceptors (Lipinski definition) is 4. The highest BCUT2D eigenvalue weighted by molar-refractivity contribution is 9.10. The molecule has 0 saturated heterocycles. The van der Waals surface area contributed by atoms with Gasteiger partial charge in [0, 0.05) is 0 Å². The quantitative estimate of drug-likeness (QED) is 0.845. The lowest BCUT2D eigenvalue weighted by Gasteiger charge is -2.08. The van der Waals surface area contributed by atoms with Crippen LogP contribution in [0, 0.1) is 0 Å². The van der Waals surface area contributed by atoms with E-state index in [0.29, 0.717) is 0 Å². The van der Waals surface area contributed by atoms with Crippen LogP contribution in [0.4, 0.5) is 8.78 Å². The van der Waals surface area contributed by atoms with Gasteiger partial charge in [0.1, 0.15) is 17.0 Å². The fourth-order valence-electron chi connectivity index (χ4n) is 0.941. The van der Waals surface area contributed by atoms with Gasteiger partial charge in [-0.1, -0.05) is 0 Å². The van der Waals surface area contributed by atoms with Gasteiger partial charge in [-0.05, 0) is 15.9 Å². The van der Waals surface area contributed by atoms with E-state index >= 15 is 0 Å². The predicted octanol–water partition coefficient (Wildman–Crippen LogP) is 2.27. The molecule has 0 radical (unpaired) electrons. The lowest BCUT2D eigenvalue weighted by atomic mass is 10.2. The molecule has 1 aromatic rings. The third kappa shape index (κ3) is 2.23. The van der Waals surface area contributed by atoms with Gasteiger partial charge >= 0.3 is 5.97 Å². The molecule has 0 amide bonds.